The molecule has 2 aliphatic heterocycles. The highest BCUT2D eigenvalue weighted by atomic mass is 32.2. The first-order valence-electron chi connectivity index (χ1n) is 9.57. The number of ether oxygens (including phenoxy) is 1. The molecule has 0 spiro atoms. The highest BCUT2D eigenvalue weighted by Gasteiger charge is 2.40. The summed E-state index contributed by atoms with van der Waals surface area (Å²) >= 11 is 0. The van der Waals surface area contributed by atoms with Crippen LogP contribution in [0.1, 0.15) is 35.3 Å². The summed E-state index contributed by atoms with van der Waals surface area (Å²) in [4.78, 5) is 23.7. The summed E-state index contributed by atoms with van der Waals surface area (Å²) in [6.45, 7) is 3.14. The van der Waals surface area contributed by atoms with Crippen LogP contribution in [0.4, 0.5) is 0 Å². The van der Waals surface area contributed by atoms with Gasteiger partial charge in [0.05, 0.1) is 6.61 Å². The maximum atomic E-state index is 13.5. The van der Waals surface area contributed by atoms with E-state index in [0.29, 0.717) is 19.7 Å². The van der Waals surface area contributed by atoms with Gasteiger partial charge in [-0.05, 0) is 43.5 Å². The van der Waals surface area contributed by atoms with E-state index in [2.05, 4.69) is 0 Å². The molecule has 1 fully saturated rings. The molecule has 1 aromatic heterocycles. The van der Waals surface area contributed by atoms with Gasteiger partial charge < -0.3 is 15.0 Å². The van der Waals surface area contributed by atoms with Crippen LogP contribution in [-0.4, -0.2) is 42.9 Å². The number of pyridine rings is 1. The number of amides is 1. The van der Waals surface area contributed by atoms with Crippen LogP contribution >= 0.6 is 0 Å². The molecule has 1 aromatic carbocycles. The maximum Gasteiger partial charge on any atom is 0.250 e. The number of primary amides is 1. The van der Waals surface area contributed by atoms with Gasteiger partial charge in [-0.15, -0.1) is 0 Å². The fourth-order valence-electron chi connectivity index (χ4n) is 4.33. The maximum absolute atomic E-state index is 13.5. The zero-order chi connectivity index (χ0) is 20.8. The zero-order valence-electron chi connectivity index (χ0n) is 16.1. The first kappa shape index (κ1) is 19.7. The summed E-state index contributed by atoms with van der Waals surface area (Å²) in [5.41, 5.74) is 6.27. The van der Waals surface area contributed by atoms with E-state index in [-0.39, 0.29) is 40.1 Å². The lowest BCUT2D eigenvalue weighted by Gasteiger charge is -2.42. The predicted octanol–water partition coefficient (Wildman–Crippen LogP) is 1.15. The Kier molecular flexibility index (Phi) is 4.95. The Morgan fingerprint density at radius 1 is 1.21 bits per heavy atom. The minimum atomic E-state index is -3.91. The third-order valence-corrected chi connectivity index (χ3v) is 7.44. The van der Waals surface area contributed by atoms with Gasteiger partial charge in [0.25, 0.3) is 5.56 Å². The minimum absolute atomic E-state index is 0.0472. The highest BCUT2D eigenvalue weighted by molar-refractivity contribution is 7.89. The van der Waals surface area contributed by atoms with E-state index in [4.69, 9.17) is 10.5 Å². The van der Waals surface area contributed by atoms with Crippen LogP contribution in [-0.2, 0) is 16.6 Å². The average Bonchev–Trinajstić information content (AvgIpc) is 2.69. The number of carbonyl (C=O) groups excluding carboxylic acids is 1. The van der Waals surface area contributed by atoms with Gasteiger partial charge in [-0.3, -0.25) is 9.59 Å². The van der Waals surface area contributed by atoms with Crippen molar-refractivity contribution < 1.29 is 17.9 Å². The summed E-state index contributed by atoms with van der Waals surface area (Å²) in [6, 6.07) is 9.34. The summed E-state index contributed by atoms with van der Waals surface area (Å²) in [7, 11) is -3.91. The largest absolute Gasteiger partial charge is 0.492 e. The molecule has 2 unspecified atom stereocenters. The predicted molar refractivity (Wildman–Crippen MR) is 106 cm³/mol. The molecule has 2 N–H and O–H groups in total. The average molecular weight is 417 g/mol. The van der Waals surface area contributed by atoms with Crippen molar-refractivity contribution in [3.8, 4) is 5.75 Å². The van der Waals surface area contributed by atoms with Crippen molar-refractivity contribution in [3.05, 3.63) is 58.0 Å². The van der Waals surface area contributed by atoms with E-state index in [1.165, 1.54) is 28.6 Å². The van der Waals surface area contributed by atoms with Crippen molar-refractivity contribution in [1.82, 2.24) is 8.87 Å². The topological polar surface area (TPSA) is 112 Å². The second-order valence-electron chi connectivity index (χ2n) is 7.48. The Bertz CT molecular complexity index is 1130. The molecule has 2 aromatic rings. The van der Waals surface area contributed by atoms with Gasteiger partial charge in [0.1, 0.15) is 10.6 Å². The number of piperidine rings is 1. The molecule has 29 heavy (non-hydrogen) atoms. The number of aromatic nitrogens is 1. The van der Waals surface area contributed by atoms with E-state index >= 15 is 0 Å². The van der Waals surface area contributed by atoms with Crippen LogP contribution < -0.4 is 16.0 Å². The van der Waals surface area contributed by atoms with Gasteiger partial charge in [0.15, 0.2) is 0 Å². The lowest BCUT2D eigenvalue weighted by molar-refractivity contribution is 0.1000. The van der Waals surface area contributed by atoms with Crippen molar-refractivity contribution in [2.24, 2.45) is 11.7 Å². The summed E-state index contributed by atoms with van der Waals surface area (Å²) in [5.74, 6) is -0.509. The number of nitrogens with zero attached hydrogens (tertiary/aromatic N) is 2. The molecule has 1 amide bonds. The molecule has 0 radical (unpaired) electrons. The fraction of sp³-hybridized carbons (Fsp3) is 0.400. The number of fused-ring (bicyclic) bond motifs is 4. The number of carbonyl (C=O) groups is 1. The number of hydrogen-bond acceptors (Lipinski definition) is 5. The van der Waals surface area contributed by atoms with Crippen molar-refractivity contribution in [1.29, 1.82) is 0 Å². The molecule has 8 nitrogen and oxygen atoms in total. The molecule has 2 bridgehead atoms. The molecule has 2 aliphatic rings. The van der Waals surface area contributed by atoms with Crippen LogP contribution in [0.15, 0.2) is 46.1 Å². The summed E-state index contributed by atoms with van der Waals surface area (Å²) in [5, 5.41) is 0. The van der Waals surface area contributed by atoms with E-state index in [0.717, 1.165) is 12.1 Å². The third kappa shape index (κ3) is 3.44. The molecule has 1 saturated heterocycles. The number of rotatable bonds is 5. The van der Waals surface area contributed by atoms with Crippen molar-refractivity contribution >= 4 is 15.9 Å². The van der Waals surface area contributed by atoms with Crippen LogP contribution in [0.2, 0.25) is 0 Å². The number of sulfonamides is 1. The van der Waals surface area contributed by atoms with Gasteiger partial charge >= 0.3 is 0 Å². The molecule has 2 atom stereocenters. The molecule has 0 saturated carbocycles. The quantitative estimate of drug-likeness (QED) is 0.784. The zero-order valence-corrected chi connectivity index (χ0v) is 16.9. The first-order chi connectivity index (χ1) is 13.8. The Morgan fingerprint density at radius 2 is 2.00 bits per heavy atom. The van der Waals surface area contributed by atoms with Crippen LogP contribution in [0.5, 0.6) is 5.75 Å². The lowest BCUT2D eigenvalue weighted by Crippen LogP contribution is -2.49. The number of benzene rings is 1. The molecular weight excluding hydrogens is 394 g/mol. The van der Waals surface area contributed by atoms with Crippen LogP contribution in [0, 0.1) is 5.92 Å². The summed E-state index contributed by atoms with van der Waals surface area (Å²) < 4.78 is 35.7. The number of nitrogens with two attached hydrogens (primary N) is 1. The smallest absolute Gasteiger partial charge is 0.250 e. The molecule has 9 heteroatoms. The second kappa shape index (κ2) is 7.31. The molecule has 4 rings (SSSR count). The van der Waals surface area contributed by atoms with Gasteiger partial charge in [-0.2, -0.15) is 4.31 Å². The minimum Gasteiger partial charge on any atom is -0.492 e. The second-order valence-corrected chi connectivity index (χ2v) is 9.39. The monoisotopic (exact) mass is 417 g/mol. The van der Waals surface area contributed by atoms with Crippen LogP contribution in [0.3, 0.4) is 0 Å². The van der Waals surface area contributed by atoms with E-state index in [1.54, 1.807) is 17.6 Å². The first-order valence-corrected chi connectivity index (χ1v) is 11.0. The third-order valence-electron chi connectivity index (χ3n) is 5.59. The molecular formula is C20H23N3O5S. The Labute approximate surface area is 168 Å². The standard InChI is InChI=1S/C20H23N3O5S/c1-2-28-17-7-6-14(20(21)25)9-18(17)29(26,27)22-10-13-8-15(12-22)16-4-3-5-19(24)23(16)11-13/h3-7,9,13,15H,2,8,10-12H2,1H3,(H2,21,25). The van der Waals surface area contributed by atoms with Crippen LogP contribution in [0.25, 0.3) is 0 Å². The molecule has 154 valence electrons. The van der Waals surface area contributed by atoms with Crippen molar-refractivity contribution in [3.63, 3.8) is 0 Å². The molecule has 3 heterocycles. The van der Waals surface area contributed by atoms with Gasteiger partial charge in [-0.25, -0.2) is 8.42 Å². The van der Waals surface area contributed by atoms with E-state index in [9.17, 15) is 18.0 Å². The Balaban J connectivity index is 1.73. The SMILES string of the molecule is CCOc1ccc(C(N)=O)cc1S(=O)(=O)N1CC2CC(C1)c1cccc(=O)n1C2. The van der Waals surface area contributed by atoms with Gasteiger partial charge in [0, 0.05) is 42.9 Å². The highest BCUT2D eigenvalue weighted by Crippen LogP contribution is 2.38. The Morgan fingerprint density at radius 3 is 2.72 bits per heavy atom. The van der Waals surface area contributed by atoms with Crippen molar-refractivity contribution in [2.45, 2.75) is 30.7 Å². The van der Waals surface area contributed by atoms with Gasteiger partial charge in [-0.1, -0.05) is 6.07 Å². The fourth-order valence-corrected chi connectivity index (χ4v) is 6.04. The molecule has 0 aliphatic carbocycles. The lowest BCUT2D eigenvalue weighted by atomic mass is 9.84. The number of hydrogen-bond donors (Lipinski definition) is 1. The Hall–Kier alpha value is -2.65. The van der Waals surface area contributed by atoms with Crippen molar-refractivity contribution in [2.75, 3.05) is 19.7 Å². The van der Waals surface area contributed by atoms with E-state index in [1.807, 2.05) is 6.07 Å². The summed E-state index contributed by atoms with van der Waals surface area (Å²) in [6.07, 6.45) is 0.842. The normalized spacial score (nSPS) is 21.4. The van der Waals surface area contributed by atoms with Gasteiger partial charge in [0.2, 0.25) is 15.9 Å². The van der Waals surface area contributed by atoms with E-state index < -0.39 is 15.9 Å².